The minimum atomic E-state index is -0.0153. The van der Waals surface area contributed by atoms with Crippen molar-refractivity contribution in [3.8, 4) is 5.75 Å². The fourth-order valence-corrected chi connectivity index (χ4v) is 1.68. The van der Waals surface area contributed by atoms with Crippen molar-refractivity contribution in [2.45, 2.75) is 32.7 Å². The molecule has 0 spiro atoms. The summed E-state index contributed by atoms with van der Waals surface area (Å²) in [5.41, 5.74) is 7.41. The van der Waals surface area contributed by atoms with E-state index in [2.05, 4.69) is 5.32 Å². The molecule has 0 aliphatic heterocycles. The number of methoxy groups -OCH3 is 1. The normalized spacial score (nSPS) is 12.0. The average molecular weight is 280 g/mol. The van der Waals surface area contributed by atoms with Crippen LogP contribution in [0.2, 0.25) is 0 Å². The molecule has 5 nitrogen and oxygen atoms in total. The van der Waals surface area contributed by atoms with Gasteiger partial charge in [0.05, 0.1) is 6.61 Å². The maximum atomic E-state index is 11.8. The van der Waals surface area contributed by atoms with Crippen LogP contribution < -0.4 is 15.8 Å². The zero-order chi connectivity index (χ0) is 15.0. The summed E-state index contributed by atoms with van der Waals surface area (Å²) in [6, 6.07) is 5.63. The number of carbonyl (C=O) groups excluding carboxylic acids is 1. The van der Waals surface area contributed by atoms with E-state index in [4.69, 9.17) is 15.2 Å². The van der Waals surface area contributed by atoms with E-state index in [0.717, 1.165) is 17.0 Å². The summed E-state index contributed by atoms with van der Waals surface area (Å²) in [6.45, 7) is 4.89. The molecule has 1 aromatic carbocycles. The molecule has 0 aromatic heterocycles. The Hall–Kier alpha value is -1.59. The number of nitrogens with two attached hydrogens (primary N) is 1. The first-order valence-electron chi connectivity index (χ1n) is 6.80. The number of anilines is 1. The third-order valence-electron chi connectivity index (χ3n) is 2.85. The summed E-state index contributed by atoms with van der Waals surface area (Å²) < 4.78 is 10.4. The second-order valence-electron chi connectivity index (χ2n) is 4.88. The highest BCUT2D eigenvalue weighted by atomic mass is 16.5. The van der Waals surface area contributed by atoms with Gasteiger partial charge in [-0.15, -0.1) is 0 Å². The van der Waals surface area contributed by atoms with E-state index in [0.29, 0.717) is 26.1 Å². The minimum Gasteiger partial charge on any atom is -0.491 e. The number of amides is 1. The van der Waals surface area contributed by atoms with Gasteiger partial charge < -0.3 is 20.5 Å². The zero-order valence-corrected chi connectivity index (χ0v) is 12.4. The summed E-state index contributed by atoms with van der Waals surface area (Å²) in [7, 11) is 1.63. The van der Waals surface area contributed by atoms with Gasteiger partial charge in [0.1, 0.15) is 12.4 Å². The number of ether oxygens (including phenoxy) is 2. The predicted molar refractivity (Wildman–Crippen MR) is 80.1 cm³/mol. The molecule has 0 aliphatic carbocycles. The van der Waals surface area contributed by atoms with Crippen LogP contribution in [0.1, 0.15) is 25.3 Å². The van der Waals surface area contributed by atoms with Crippen LogP contribution in [0, 0.1) is 6.92 Å². The third kappa shape index (κ3) is 6.04. The summed E-state index contributed by atoms with van der Waals surface area (Å²) in [6.07, 6.45) is 1.12. The highest BCUT2D eigenvalue weighted by Crippen LogP contribution is 2.21. The van der Waals surface area contributed by atoms with Crippen molar-refractivity contribution in [2.24, 2.45) is 5.73 Å². The van der Waals surface area contributed by atoms with Crippen molar-refractivity contribution in [3.05, 3.63) is 23.8 Å². The van der Waals surface area contributed by atoms with Crippen molar-refractivity contribution < 1.29 is 14.3 Å². The van der Waals surface area contributed by atoms with Gasteiger partial charge in [0.2, 0.25) is 5.91 Å². The Bertz CT molecular complexity index is 433. The van der Waals surface area contributed by atoms with Gasteiger partial charge in [0.15, 0.2) is 0 Å². The Labute approximate surface area is 120 Å². The minimum absolute atomic E-state index is 0.0153. The molecule has 20 heavy (non-hydrogen) atoms. The van der Waals surface area contributed by atoms with Crippen molar-refractivity contribution in [1.82, 2.24) is 0 Å². The van der Waals surface area contributed by atoms with Gasteiger partial charge in [-0.2, -0.15) is 0 Å². The van der Waals surface area contributed by atoms with Gasteiger partial charge in [-0.3, -0.25) is 4.79 Å². The number of benzene rings is 1. The molecule has 0 saturated heterocycles. The Kier molecular flexibility index (Phi) is 7.04. The lowest BCUT2D eigenvalue weighted by atomic mass is 10.1. The van der Waals surface area contributed by atoms with Crippen molar-refractivity contribution in [1.29, 1.82) is 0 Å². The molecular weight excluding hydrogens is 256 g/mol. The summed E-state index contributed by atoms with van der Waals surface area (Å²) in [5.74, 6) is 0.756. The maximum Gasteiger partial charge on any atom is 0.224 e. The average Bonchev–Trinajstić information content (AvgIpc) is 2.40. The number of carbonyl (C=O) groups is 1. The first-order chi connectivity index (χ1) is 9.52. The third-order valence-corrected chi connectivity index (χ3v) is 2.85. The van der Waals surface area contributed by atoms with E-state index < -0.39 is 0 Å². The number of aryl methyl sites for hydroxylation is 1. The molecule has 1 amide bonds. The van der Waals surface area contributed by atoms with Gasteiger partial charge in [-0.05, 0) is 44.0 Å². The Morgan fingerprint density at radius 2 is 2.15 bits per heavy atom. The molecule has 112 valence electrons. The molecule has 0 fully saturated rings. The van der Waals surface area contributed by atoms with Crippen molar-refractivity contribution in [2.75, 3.05) is 25.6 Å². The van der Waals surface area contributed by atoms with Gasteiger partial charge in [0, 0.05) is 25.3 Å². The van der Waals surface area contributed by atoms with Crippen molar-refractivity contribution >= 4 is 11.6 Å². The van der Waals surface area contributed by atoms with Crippen LogP contribution in [-0.2, 0) is 9.53 Å². The Balaban J connectivity index is 2.52. The second-order valence-corrected chi connectivity index (χ2v) is 4.88. The van der Waals surface area contributed by atoms with E-state index in [1.165, 1.54) is 0 Å². The lowest BCUT2D eigenvalue weighted by Gasteiger charge is -2.11. The standard InChI is InChI=1S/C15H24N2O3/c1-11-10-13(20-9-8-19-3)5-6-14(11)17-15(18)7-4-12(2)16/h5-6,10,12H,4,7-9,16H2,1-3H3,(H,17,18). The first kappa shape index (κ1) is 16.5. The van der Waals surface area contributed by atoms with Crippen LogP contribution in [-0.4, -0.2) is 32.3 Å². The monoisotopic (exact) mass is 280 g/mol. The van der Waals surface area contributed by atoms with Crippen LogP contribution in [0.15, 0.2) is 18.2 Å². The summed E-state index contributed by atoms with van der Waals surface area (Å²) in [5, 5.41) is 2.89. The van der Waals surface area contributed by atoms with Crippen LogP contribution >= 0.6 is 0 Å². The van der Waals surface area contributed by atoms with Crippen LogP contribution in [0.5, 0.6) is 5.75 Å². The molecule has 1 atom stereocenters. The summed E-state index contributed by atoms with van der Waals surface area (Å²) >= 11 is 0. The van der Waals surface area contributed by atoms with E-state index in [9.17, 15) is 4.79 Å². The lowest BCUT2D eigenvalue weighted by molar-refractivity contribution is -0.116. The molecule has 1 aromatic rings. The molecule has 1 rings (SSSR count). The highest BCUT2D eigenvalue weighted by Gasteiger charge is 2.07. The van der Waals surface area contributed by atoms with Gasteiger partial charge in [0.25, 0.3) is 0 Å². The number of rotatable bonds is 8. The quantitative estimate of drug-likeness (QED) is 0.715. The van der Waals surface area contributed by atoms with Crippen LogP contribution in [0.25, 0.3) is 0 Å². The van der Waals surface area contributed by atoms with Gasteiger partial charge in [-0.1, -0.05) is 0 Å². The second kappa shape index (κ2) is 8.55. The molecule has 0 aliphatic rings. The number of hydrogen-bond acceptors (Lipinski definition) is 4. The van der Waals surface area contributed by atoms with E-state index in [-0.39, 0.29) is 11.9 Å². The Morgan fingerprint density at radius 1 is 1.40 bits per heavy atom. The van der Waals surface area contributed by atoms with Crippen molar-refractivity contribution in [3.63, 3.8) is 0 Å². The predicted octanol–water partition coefficient (Wildman–Crippen LogP) is 2.09. The topological polar surface area (TPSA) is 73.6 Å². The lowest BCUT2D eigenvalue weighted by Crippen LogP contribution is -2.19. The molecule has 3 N–H and O–H groups in total. The molecule has 0 heterocycles. The summed E-state index contributed by atoms with van der Waals surface area (Å²) in [4.78, 5) is 11.8. The molecule has 1 unspecified atom stereocenters. The molecule has 0 radical (unpaired) electrons. The number of hydrogen-bond donors (Lipinski definition) is 2. The van der Waals surface area contributed by atoms with Crippen LogP contribution in [0.4, 0.5) is 5.69 Å². The smallest absolute Gasteiger partial charge is 0.224 e. The molecular formula is C15H24N2O3. The fourth-order valence-electron chi connectivity index (χ4n) is 1.68. The van der Waals surface area contributed by atoms with Gasteiger partial charge in [-0.25, -0.2) is 0 Å². The SMILES string of the molecule is COCCOc1ccc(NC(=O)CCC(C)N)c(C)c1. The maximum absolute atomic E-state index is 11.8. The highest BCUT2D eigenvalue weighted by molar-refractivity contribution is 5.91. The molecule has 0 bridgehead atoms. The fraction of sp³-hybridized carbons (Fsp3) is 0.533. The van der Waals surface area contributed by atoms with E-state index in [1.807, 2.05) is 32.0 Å². The number of nitrogens with one attached hydrogen (secondary N) is 1. The first-order valence-corrected chi connectivity index (χ1v) is 6.80. The zero-order valence-electron chi connectivity index (χ0n) is 12.4. The largest absolute Gasteiger partial charge is 0.491 e. The van der Waals surface area contributed by atoms with Crippen LogP contribution in [0.3, 0.4) is 0 Å². The van der Waals surface area contributed by atoms with Gasteiger partial charge >= 0.3 is 0 Å². The Morgan fingerprint density at radius 3 is 2.75 bits per heavy atom. The van der Waals surface area contributed by atoms with E-state index in [1.54, 1.807) is 7.11 Å². The van der Waals surface area contributed by atoms with E-state index >= 15 is 0 Å². The molecule has 0 saturated carbocycles. The molecule has 5 heteroatoms.